The van der Waals surface area contributed by atoms with Gasteiger partial charge < -0.3 is 5.32 Å². The van der Waals surface area contributed by atoms with Gasteiger partial charge in [0.25, 0.3) is 5.91 Å². The lowest BCUT2D eigenvalue weighted by molar-refractivity contribution is -0.115. The van der Waals surface area contributed by atoms with Crippen molar-refractivity contribution in [2.24, 2.45) is 0 Å². The van der Waals surface area contributed by atoms with Crippen molar-refractivity contribution in [3.05, 3.63) is 57.7 Å². The average molecular weight is 467 g/mol. The second-order valence-electron chi connectivity index (χ2n) is 7.36. The fourth-order valence-electron chi connectivity index (χ4n) is 3.72. The van der Waals surface area contributed by atoms with Crippen LogP contribution in [-0.4, -0.2) is 32.4 Å². The molecule has 0 atom stereocenters. The summed E-state index contributed by atoms with van der Waals surface area (Å²) < 4.78 is 1.54. The average Bonchev–Trinajstić information content (AvgIpc) is 3.33. The molecule has 10 heteroatoms. The molecule has 0 spiro atoms. The fourth-order valence-corrected chi connectivity index (χ4v) is 5.59. The van der Waals surface area contributed by atoms with Crippen molar-refractivity contribution in [1.82, 2.24) is 14.9 Å². The number of carbonyl (C=O) groups excluding carboxylic acids is 2. The normalized spacial score (nSPS) is 12.6. The van der Waals surface area contributed by atoms with Crippen LogP contribution in [0.5, 0.6) is 0 Å². The van der Waals surface area contributed by atoms with Crippen LogP contribution in [0.15, 0.2) is 35.5 Å². The molecular weight excluding hydrogens is 444 g/mol. The maximum absolute atomic E-state index is 12.8. The van der Waals surface area contributed by atoms with E-state index in [1.807, 2.05) is 18.2 Å². The topological polar surface area (TPSA) is 113 Å². The molecule has 2 aromatic heterocycles. The number of thioether (sulfide) groups is 1. The number of amides is 2. The summed E-state index contributed by atoms with van der Waals surface area (Å²) in [7, 11) is 0. The lowest BCUT2D eigenvalue weighted by atomic mass is 9.94. The van der Waals surface area contributed by atoms with E-state index in [1.54, 1.807) is 28.1 Å². The highest BCUT2D eigenvalue weighted by Crippen LogP contribution is 2.39. The lowest BCUT2D eigenvalue weighted by Crippen LogP contribution is -2.23. The molecule has 164 valence electrons. The zero-order valence-corrected chi connectivity index (χ0v) is 19.2. The predicted molar refractivity (Wildman–Crippen MR) is 125 cm³/mol. The minimum Gasteiger partial charge on any atom is -0.313 e. The molecule has 4 rings (SSSR count). The van der Waals surface area contributed by atoms with Crippen LogP contribution in [0.25, 0.3) is 0 Å². The minimum absolute atomic E-state index is 0.154. The second-order valence-corrected chi connectivity index (χ2v) is 9.41. The number of benzene rings is 1. The number of fused-ring (bicyclic) bond motifs is 1. The van der Waals surface area contributed by atoms with Crippen LogP contribution in [0.2, 0.25) is 0 Å². The van der Waals surface area contributed by atoms with Crippen molar-refractivity contribution in [2.45, 2.75) is 44.2 Å². The second kappa shape index (κ2) is 9.97. The van der Waals surface area contributed by atoms with Gasteiger partial charge in [-0.15, -0.1) is 21.5 Å². The highest BCUT2D eigenvalue weighted by atomic mass is 32.2. The molecule has 0 aliphatic heterocycles. The molecule has 1 aliphatic carbocycles. The van der Waals surface area contributed by atoms with Gasteiger partial charge in [-0.3, -0.25) is 15.0 Å². The Balaban J connectivity index is 1.68. The van der Waals surface area contributed by atoms with Gasteiger partial charge in [0.1, 0.15) is 0 Å². The van der Waals surface area contributed by atoms with Crippen molar-refractivity contribution in [3.8, 4) is 6.07 Å². The van der Waals surface area contributed by atoms with E-state index < -0.39 is 0 Å². The largest absolute Gasteiger partial charge is 0.313 e. The first-order valence-electron chi connectivity index (χ1n) is 10.3. The standard InChI is InChI=1S/C22H22N6O2S2/c1-14(29)27-28-19(25-26-22(28)31-12-11-23)13-17-16-9-5-6-10-18(16)32-21(17)24-20(30)15-7-3-2-4-8-15/h2-4,7-8H,5-6,9-10,12-13H2,1H3,(H,24,30)(H,27,29). The zero-order valence-electron chi connectivity index (χ0n) is 17.6. The Hall–Kier alpha value is -3.16. The van der Waals surface area contributed by atoms with Gasteiger partial charge in [-0.2, -0.15) is 5.26 Å². The summed E-state index contributed by atoms with van der Waals surface area (Å²) >= 11 is 2.83. The van der Waals surface area contributed by atoms with E-state index in [-0.39, 0.29) is 17.6 Å². The molecule has 2 heterocycles. The third-order valence-electron chi connectivity index (χ3n) is 5.11. The molecule has 0 saturated carbocycles. The van der Waals surface area contributed by atoms with Crippen molar-refractivity contribution < 1.29 is 9.59 Å². The number of anilines is 1. The van der Waals surface area contributed by atoms with E-state index in [9.17, 15) is 9.59 Å². The van der Waals surface area contributed by atoms with Gasteiger partial charge in [0.15, 0.2) is 5.82 Å². The van der Waals surface area contributed by atoms with E-state index in [2.05, 4.69) is 27.0 Å². The summed E-state index contributed by atoms with van der Waals surface area (Å²) in [5, 5.41) is 21.7. The van der Waals surface area contributed by atoms with Crippen LogP contribution in [0.3, 0.4) is 0 Å². The molecule has 1 aromatic carbocycles. The molecule has 1 aliphatic rings. The predicted octanol–water partition coefficient (Wildman–Crippen LogP) is 3.77. The summed E-state index contributed by atoms with van der Waals surface area (Å²) in [6.07, 6.45) is 4.60. The summed E-state index contributed by atoms with van der Waals surface area (Å²) in [5.41, 5.74) is 5.62. The van der Waals surface area contributed by atoms with Crippen molar-refractivity contribution in [2.75, 3.05) is 16.5 Å². The number of aryl methyl sites for hydroxylation is 1. The summed E-state index contributed by atoms with van der Waals surface area (Å²) in [6.45, 7) is 1.42. The van der Waals surface area contributed by atoms with Gasteiger partial charge >= 0.3 is 0 Å². The van der Waals surface area contributed by atoms with Crippen LogP contribution in [0, 0.1) is 11.3 Å². The van der Waals surface area contributed by atoms with E-state index in [0.717, 1.165) is 36.2 Å². The molecule has 2 amide bonds. The minimum atomic E-state index is -0.255. The number of thiophene rings is 1. The van der Waals surface area contributed by atoms with Crippen molar-refractivity contribution in [3.63, 3.8) is 0 Å². The van der Waals surface area contributed by atoms with Crippen LogP contribution in [-0.2, 0) is 24.1 Å². The Morgan fingerprint density at radius 2 is 2.00 bits per heavy atom. The number of carbonyl (C=O) groups is 2. The van der Waals surface area contributed by atoms with E-state index in [4.69, 9.17) is 5.26 Å². The number of aromatic nitrogens is 3. The first-order valence-corrected chi connectivity index (χ1v) is 12.1. The summed E-state index contributed by atoms with van der Waals surface area (Å²) in [4.78, 5) is 25.9. The first-order chi connectivity index (χ1) is 15.6. The molecule has 0 bridgehead atoms. The van der Waals surface area contributed by atoms with E-state index in [1.165, 1.54) is 29.1 Å². The third-order valence-corrected chi connectivity index (χ3v) is 7.16. The van der Waals surface area contributed by atoms with Gasteiger partial charge in [-0.25, -0.2) is 4.68 Å². The number of hydrogen-bond acceptors (Lipinski definition) is 7. The van der Waals surface area contributed by atoms with E-state index in [0.29, 0.717) is 23.0 Å². The van der Waals surface area contributed by atoms with Crippen LogP contribution >= 0.6 is 23.1 Å². The van der Waals surface area contributed by atoms with Gasteiger partial charge in [0.05, 0.1) is 16.8 Å². The molecule has 3 aromatic rings. The number of rotatable bonds is 7. The highest BCUT2D eigenvalue weighted by molar-refractivity contribution is 7.99. The van der Waals surface area contributed by atoms with Gasteiger partial charge in [-0.1, -0.05) is 30.0 Å². The van der Waals surface area contributed by atoms with Crippen LogP contribution in [0.1, 0.15) is 52.0 Å². The van der Waals surface area contributed by atoms with Gasteiger partial charge in [0, 0.05) is 23.8 Å². The number of nitrogens with zero attached hydrogens (tertiary/aromatic N) is 4. The van der Waals surface area contributed by atoms with Crippen molar-refractivity contribution >= 4 is 39.9 Å². The summed E-state index contributed by atoms with van der Waals surface area (Å²) in [5.74, 6) is 0.347. The molecule has 0 fully saturated rings. The molecule has 0 unspecified atom stereocenters. The highest BCUT2D eigenvalue weighted by Gasteiger charge is 2.25. The van der Waals surface area contributed by atoms with Gasteiger partial charge in [0.2, 0.25) is 11.1 Å². The Morgan fingerprint density at radius 3 is 2.75 bits per heavy atom. The number of nitriles is 1. The molecule has 2 N–H and O–H groups in total. The maximum atomic E-state index is 12.8. The number of hydrogen-bond donors (Lipinski definition) is 2. The van der Waals surface area contributed by atoms with Crippen LogP contribution in [0.4, 0.5) is 5.00 Å². The Labute approximate surface area is 194 Å². The maximum Gasteiger partial charge on any atom is 0.256 e. The van der Waals surface area contributed by atoms with Crippen LogP contribution < -0.4 is 10.7 Å². The zero-order chi connectivity index (χ0) is 22.5. The van der Waals surface area contributed by atoms with E-state index >= 15 is 0 Å². The Bertz CT molecular complexity index is 1180. The number of nitrogens with one attached hydrogen (secondary N) is 2. The Kier molecular flexibility index (Phi) is 6.87. The Morgan fingerprint density at radius 1 is 1.22 bits per heavy atom. The third kappa shape index (κ3) is 4.84. The molecular formula is C22H22N6O2S2. The lowest BCUT2D eigenvalue weighted by Gasteiger charge is -2.14. The molecule has 32 heavy (non-hydrogen) atoms. The monoisotopic (exact) mass is 466 g/mol. The molecule has 8 nitrogen and oxygen atoms in total. The van der Waals surface area contributed by atoms with Crippen molar-refractivity contribution in [1.29, 1.82) is 5.26 Å². The smallest absolute Gasteiger partial charge is 0.256 e. The molecule has 0 saturated heterocycles. The SMILES string of the molecule is CC(=O)Nn1c(Cc2c(NC(=O)c3ccccc3)sc3c2CCCC3)nnc1SCC#N. The molecule has 0 radical (unpaired) electrons. The first kappa shape index (κ1) is 22.0. The quantitative estimate of drug-likeness (QED) is 0.513. The summed E-state index contributed by atoms with van der Waals surface area (Å²) in [6, 6.07) is 11.2. The van der Waals surface area contributed by atoms with Gasteiger partial charge in [-0.05, 0) is 48.9 Å². The fraction of sp³-hybridized carbons (Fsp3) is 0.318.